The molecule has 53 heavy (non-hydrogen) atoms. The Morgan fingerprint density at radius 1 is 0.302 bits per heavy atom. The summed E-state index contributed by atoms with van der Waals surface area (Å²) >= 11 is 0. The third kappa shape index (κ3) is 4.49. The Bertz CT molecular complexity index is 3070. The van der Waals surface area contributed by atoms with E-state index in [1.54, 1.807) is 0 Å². The van der Waals surface area contributed by atoms with E-state index in [1.807, 2.05) is 0 Å². The summed E-state index contributed by atoms with van der Waals surface area (Å²) in [6.45, 7) is 4.74. The van der Waals surface area contributed by atoms with Gasteiger partial charge in [0, 0.05) is 5.41 Å². The van der Waals surface area contributed by atoms with Crippen molar-refractivity contribution in [3.05, 3.63) is 193 Å². The normalized spacial score (nSPS) is 13.2. The van der Waals surface area contributed by atoms with Gasteiger partial charge in [0.15, 0.2) is 0 Å². The lowest BCUT2D eigenvalue weighted by atomic mass is 9.80. The molecule has 0 saturated heterocycles. The van der Waals surface area contributed by atoms with E-state index in [4.69, 9.17) is 0 Å². The van der Waals surface area contributed by atoms with Gasteiger partial charge in [0.1, 0.15) is 0 Å². The van der Waals surface area contributed by atoms with Crippen LogP contribution in [0.25, 0.3) is 98.7 Å². The number of rotatable bonds is 4. The molecule has 0 N–H and O–H groups in total. The Morgan fingerprint density at radius 2 is 0.792 bits per heavy atom. The van der Waals surface area contributed by atoms with Gasteiger partial charge < -0.3 is 0 Å². The van der Waals surface area contributed by atoms with Crippen LogP contribution >= 0.6 is 0 Å². The maximum atomic E-state index is 2.37. The van der Waals surface area contributed by atoms with Crippen molar-refractivity contribution in [1.29, 1.82) is 0 Å². The van der Waals surface area contributed by atoms with Crippen molar-refractivity contribution in [2.75, 3.05) is 0 Å². The van der Waals surface area contributed by atoms with Crippen LogP contribution in [0.4, 0.5) is 0 Å². The summed E-state index contributed by atoms with van der Waals surface area (Å²) in [6.07, 6.45) is 0. The number of hydrogen-bond acceptors (Lipinski definition) is 0. The van der Waals surface area contributed by atoms with Crippen molar-refractivity contribution in [1.82, 2.24) is 0 Å². The van der Waals surface area contributed by atoms with Gasteiger partial charge in [0.25, 0.3) is 0 Å². The quantitative estimate of drug-likeness (QED) is 0.163. The van der Waals surface area contributed by atoms with Gasteiger partial charge in [0.05, 0.1) is 0 Å². The molecular formula is C53H36. The average molecular weight is 673 g/mol. The topological polar surface area (TPSA) is 0 Å². The molecule has 0 unspecified atom stereocenters. The van der Waals surface area contributed by atoms with E-state index in [1.165, 1.54) is 110 Å². The molecule has 0 heteroatoms. The van der Waals surface area contributed by atoms with E-state index in [0.717, 1.165) is 0 Å². The summed E-state index contributed by atoms with van der Waals surface area (Å²) in [5.41, 5.74) is 15.5. The first-order valence-electron chi connectivity index (χ1n) is 18.7. The molecule has 11 rings (SSSR count). The van der Waals surface area contributed by atoms with E-state index < -0.39 is 0 Å². The van der Waals surface area contributed by atoms with Crippen LogP contribution in [0.5, 0.6) is 0 Å². The zero-order valence-corrected chi connectivity index (χ0v) is 29.8. The molecule has 0 fully saturated rings. The summed E-state index contributed by atoms with van der Waals surface area (Å²) in [7, 11) is 0. The predicted octanol–water partition coefficient (Wildman–Crippen LogP) is 14.7. The van der Waals surface area contributed by atoms with Crippen LogP contribution < -0.4 is 0 Å². The highest BCUT2D eigenvalue weighted by Crippen LogP contribution is 2.51. The van der Waals surface area contributed by atoms with Crippen molar-refractivity contribution in [3.63, 3.8) is 0 Å². The van der Waals surface area contributed by atoms with E-state index >= 15 is 0 Å². The highest BCUT2D eigenvalue weighted by Gasteiger charge is 2.36. The van der Waals surface area contributed by atoms with Gasteiger partial charge in [-0.2, -0.15) is 0 Å². The zero-order valence-electron chi connectivity index (χ0n) is 29.8. The molecule has 0 saturated carbocycles. The van der Waals surface area contributed by atoms with Crippen LogP contribution in [-0.4, -0.2) is 0 Å². The second kappa shape index (κ2) is 11.2. The summed E-state index contributed by atoms with van der Waals surface area (Å²) in [5, 5.41) is 10.5. The van der Waals surface area contributed by atoms with Crippen LogP contribution in [0.1, 0.15) is 25.0 Å². The third-order valence-corrected chi connectivity index (χ3v) is 12.0. The van der Waals surface area contributed by atoms with Gasteiger partial charge in [-0.05, 0) is 128 Å². The predicted molar refractivity (Wildman–Crippen MR) is 227 cm³/mol. The second-order valence-electron chi connectivity index (χ2n) is 15.3. The average Bonchev–Trinajstić information content (AvgIpc) is 3.46. The minimum absolute atomic E-state index is 0.0301. The summed E-state index contributed by atoms with van der Waals surface area (Å²) in [6, 6.07) is 67.8. The van der Waals surface area contributed by atoms with Crippen molar-refractivity contribution >= 4 is 43.1 Å². The van der Waals surface area contributed by atoms with Gasteiger partial charge in [-0.25, -0.2) is 0 Å². The molecule has 0 atom stereocenters. The fourth-order valence-corrected chi connectivity index (χ4v) is 9.47. The van der Waals surface area contributed by atoms with Crippen LogP contribution in [0, 0.1) is 0 Å². The Labute approximate surface area is 310 Å². The van der Waals surface area contributed by atoms with Crippen LogP contribution in [0.3, 0.4) is 0 Å². The Kier molecular flexibility index (Phi) is 6.40. The smallest absolute Gasteiger partial charge is 0.0165 e. The van der Waals surface area contributed by atoms with E-state index in [2.05, 4.69) is 196 Å². The SMILES string of the molecule is CC1(C)c2ccccc2-c2ccc3cc(-c4cccc(-c5cccc(-c6ccc7ccc8c(-c9ccccc9)ccc9ccc6c7c98)c5)c4)ccc3c21. The second-order valence-corrected chi connectivity index (χ2v) is 15.3. The van der Waals surface area contributed by atoms with Crippen LogP contribution in [-0.2, 0) is 5.41 Å². The molecule has 0 heterocycles. The largest absolute Gasteiger partial charge is 0.0622 e. The Balaban J connectivity index is 0.992. The molecule has 1 aliphatic carbocycles. The van der Waals surface area contributed by atoms with Crippen molar-refractivity contribution in [2.24, 2.45) is 0 Å². The first-order valence-corrected chi connectivity index (χ1v) is 18.7. The molecule has 248 valence electrons. The van der Waals surface area contributed by atoms with Gasteiger partial charge in [-0.3, -0.25) is 0 Å². The van der Waals surface area contributed by atoms with Gasteiger partial charge >= 0.3 is 0 Å². The molecule has 0 bridgehead atoms. The molecule has 0 aliphatic heterocycles. The van der Waals surface area contributed by atoms with Crippen molar-refractivity contribution in [2.45, 2.75) is 19.3 Å². The summed E-state index contributed by atoms with van der Waals surface area (Å²) in [4.78, 5) is 0. The molecule has 10 aromatic rings. The highest BCUT2D eigenvalue weighted by molar-refractivity contribution is 6.27. The van der Waals surface area contributed by atoms with Crippen LogP contribution in [0.15, 0.2) is 182 Å². The lowest BCUT2D eigenvalue weighted by molar-refractivity contribution is 0.666. The van der Waals surface area contributed by atoms with Crippen molar-refractivity contribution in [3.8, 4) is 55.6 Å². The van der Waals surface area contributed by atoms with Crippen LogP contribution in [0.2, 0.25) is 0 Å². The number of benzene rings is 10. The van der Waals surface area contributed by atoms with Gasteiger partial charge in [0.2, 0.25) is 0 Å². The molecule has 0 aromatic heterocycles. The Morgan fingerprint density at radius 3 is 1.49 bits per heavy atom. The maximum absolute atomic E-state index is 2.37. The first-order chi connectivity index (χ1) is 26.0. The number of hydrogen-bond donors (Lipinski definition) is 0. The van der Waals surface area contributed by atoms with Crippen molar-refractivity contribution < 1.29 is 0 Å². The molecule has 0 amide bonds. The lowest BCUT2D eigenvalue weighted by Gasteiger charge is -2.23. The molecule has 0 radical (unpaired) electrons. The monoisotopic (exact) mass is 672 g/mol. The number of fused-ring (bicyclic) bond motifs is 5. The third-order valence-electron chi connectivity index (χ3n) is 12.0. The molecule has 1 aliphatic rings. The van der Waals surface area contributed by atoms with E-state index in [-0.39, 0.29) is 5.41 Å². The summed E-state index contributed by atoms with van der Waals surface area (Å²) in [5.74, 6) is 0. The fourth-order valence-electron chi connectivity index (χ4n) is 9.47. The summed E-state index contributed by atoms with van der Waals surface area (Å²) < 4.78 is 0. The van der Waals surface area contributed by atoms with E-state index in [0.29, 0.717) is 0 Å². The highest BCUT2D eigenvalue weighted by atomic mass is 14.4. The molecule has 10 aromatic carbocycles. The zero-order chi connectivity index (χ0) is 35.3. The fraction of sp³-hybridized carbons (Fsp3) is 0.0566. The standard InChI is InChI=1S/C53H36/c1-53(2)49-17-7-6-16-45(49)48-29-23-41-32-39(22-26-44(41)52(48)53)37-13-8-12-36(30-37)38-14-9-15-40(31-38)43-25-19-35-20-27-46-42(33-10-4-3-5-11-33)24-18-34-21-28-47(43)51(35)50(34)46/h3-32H,1-2H3. The molecule has 0 spiro atoms. The minimum Gasteiger partial charge on any atom is -0.0622 e. The minimum atomic E-state index is -0.0301. The molecular weight excluding hydrogens is 637 g/mol. The maximum Gasteiger partial charge on any atom is 0.0165 e. The molecule has 0 nitrogen and oxygen atoms in total. The van der Waals surface area contributed by atoms with Gasteiger partial charge in [-0.1, -0.05) is 178 Å². The van der Waals surface area contributed by atoms with E-state index in [9.17, 15) is 0 Å². The lowest BCUT2D eigenvalue weighted by Crippen LogP contribution is -2.15. The Hall–Kier alpha value is -6.50. The van der Waals surface area contributed by atoms with Gasteiger partial charge in [-0.15, -0.1) is 0 Å². The first kappa shape index (κ1) is 30.2.